The Morgan fingerprint density at radius 3 is 2.79 bits per heavy atom. The summed E-state index contributed by atoms with van der Waals surface area (Å²) < 4.78 is 0. The molecule has 2 amide bonds. The van der Waals surface area contributed by atoms with Crippen LogP contribution in [0.1, 0.15) is 24.6 Å². The summed E-state index contributed by atoms with van der Waals surface area (Å²) in [6.07, 6.45) is 1.68. The molecule has 0 fully saturated rings. The van der Waals surface area contributed by atoms with Crippen LogP contribution >= 0.6 is 11.3 Å². The maximum Gasteiger partial charge on any atom is 0.317 e. The zero-order valence-corrected chi connectivity index (χ0v) is 11.9. The number of carbonyl (C=O) groups excluding carboxylic acids is 1. The predicted molar refractivity (Wildman–Crippen MR) is 75.5 cm³/mol. The van der Waals surface area contributed by atoms with Crippen LogP contribution in [0.3, 0.4) is 0 Å². The number of amides is 2. The Hall–Kier alpha value is -1.56. The second-order valence-corrected chi connectivity index (χ2v) is 5.22. The summed E-state index contributed by atoms with van der Waals surface area (Å²) in [5.41, 5.74) is 0. The van der Waals surface area contributed by atoms with Crippen molar-refractivity contribution < 1.29 is 14.7 Å². The monoisotopic (exact) mass is 284 g/mol. The Bertz CT molecular complexity index is 393. The number of rotatable bonds is 8. The summed E-state index contributed by atoms with van der Waals surface area (Å²) in [6.45, 7) is 3.54. The van der Waals surface area contributed by atoms with Crippen LogP contribution in [0.5, 0.6) is 0 Å². The first-order chi connectivity index (χ1) is 9.13. The van der Waals surface area contributed by atoms with E-state index in [2.05, 4.69) is 11.4 Å². The molecular weight excluding hydrogens is 264 g/mol. The molecule has 1 aromatic heterocycles. The molecule has 0 aromatic carbocycles. The maximum absolute atomic E-state index is 11.9. The minimum atomic E-state index is -0.902. The summed E-state index contributed by atoms with van der Waals surface area (Å²) in [5.74, 6) is -0.902. The largest absolute Gasteiger partial charge is 0.481 e. The lowest BCUT2D eigenvalue weighted by Crippen LogP contribution is -2.42. The Kier molecular flexibility index (Phi) is 6.95. The average molecular weight is 284 g/mol. The lowest BCUT2D eigenvalue weighted by molar-refractivity contribution is -0.136. The topological polar surface area (TPSA) is 69.6 Å². The van der Waals surface area contributed by atoms with Gasteiger partial charge in [-0.2, -0.15) is 0 Å². The fraction of sp³-hybridized carbons (Fsp3) is 0.538. The van der Waals surface area contributed by atoms with Gasteiger partial charge < -0.3 is 15.3 Å². The van der Waals surface area contributed by atoms with E-state index in [4.69, 9.17) is 5.11 Å². The number of hydrogen-bond donors (Lipinski definition) is 2. The Morgan fingerprint density at radius 2 is 2.21 bits per heavy atom. The lowest BCUT2D eigenvalue weighted by Gasteiger charge is -2.22. The molecule has 1 rings (SSSR count). The molecule has 0 spiro atoms. The predicted octanol–water partition coefficient (Wildman–Crippen LogP) is 2.19. The normalized spacial score (nSPS) is 10.2. The van der Waals surface area contributed by atoms with Crippen LogP contribution in [-0.2, 0) is 11.2 Å². The standard InChI is InChI=1S/C13H20N2O3S/c1-2-8-15(9-6-11-4-3-10-19-11)13(18)14-7-5-12(16)17/h3-4,10H,2,5-9H2,1H3,(H,14,18)(H,16,17). The second kappa shape index (κ2) is 8.53. The molecule has 5 nitrogen and oxygen atoms in total. The lowest BCUT2D eigenvalue weighted by atomic mass is 10.3. The molecule has 19 heavy (non-hydrogen) atoms. The third kappa shape index (κ3) is 6.24. The highest BCUT2D eigenvalue weighted by Gasteiger charge is 2.12. The molecule has 2 N–H and O–H groups in total. The molecule has 106 valence electrons. The van der Waals surface area contributed by atoms with E-state index in [-0.39, 0.29) is 19.0 Å². The van der Waals surface area contributed by atoms with Gasteiger partial charge in [-0.1, -0.05) is 13.0 Å². The molecule has 0 saturated heterocycles. The van der Waals surface area contributed by atoms with Gasteiger partial charge in [-0.15, -0.1) is 11.3 Å². The van der Waals surface area contributed by atoms with Crippen LogP contribution < -0.4 is 5.32 Å². The minimum Gasteiger partial charge on any atom is -0.481 e. The number of carbonyl (C=O) groups is 2. The number of thiophene rings is 1. The number of nitrogens with zero attached hydrogens (tertiary/aromatic N) is 1. The number of urea groups is 1. The highest BCUT2D eigenvalue weighted by atomic mass is 32.1. The van der Waals surface area contributed by atoms with E-state index in [0.29, 0.717) is 13.1 Å². The summed E-state index contributed by atoms with van der Waals surface area (Å²) in [5, 5.41) is 13.2. The van der Waals surface area contributed by atoms with Crippen LogP contribution in [0.4, 0.5) is 4.79 Å². The molecule has 0 radical (unpaired) electrons. The molecule has 1 heterocycles. The minimum absolute atomic E-state index is 0.0450. The van der Waals surface area contributed by atoms with Gasteiger partial charge >= 0.3 is 12.0 Å². The van der Waals surface area contributed by atoms with Gasteiger partial charge in [-0.3, -0.25) is 4.79 Å². The van der Waals surface area contributed by atoms with Crippen LogP contribution in [0.2, 0.25) is 0 Å². The number of nitrogens with one attached hydrogen (secondary N) is 1. The van der Waals surface area contributed by atoms with Crippen molar-refractivity contribution >= 4 is 23.3 Å². The van der Waals surface area contributed by atoms with E-state index in [0.717, 1.165) is 12.8 Å². The van der Waals surface area contributed by atoms with Gasteiger partial charge in [0.25, 0.3) is 0 Å². The first-order valence-corrected chi connectivity index (χ1v) is 7.28. The van der Waals surface area contributed by atoms with Gasteiger partial charge in [0.05, 0.1) is 6.42 Å². The Balaban J connectivity index is 2.37. The molecule has 0 unspecified atom stereocenters. The molecule has 0 aliphatic rings. The summed E-state index contributed by atoms with van der Waals surface area (Å²) in [7, 11) is 0. The first-order valence-electron chi connectivity index (χ1n) is 6.40. The van der Waals surface area contributed by atoms with E-state index >= 15 is 0 Å². The third-order valence-electron chi connectivity index (χ3n) is 2.60. The highest BCUT2D eigenvalue weighted by Crippen LogP contribution is 2.10. The van der Waals surface area contributed by atoms with Crippen molar-refractivity contribution in [2.24, 2.45) is 0 Å². The first kappa shape index (κ1) is 15.5. The van der Waals surface area contributed by atoms with E-state index < -0.39 is 5.97 Å². The molecule has 0 aliphatic carbocycles. The zero-order valence-electron chi connectivity index (χ0n) is 11.1. The fourth-order valence-electron chi connectivity index (χ4n) is 1.67. The van der Waals surface area contributed by atoms with E-state index in [1.807, 2.05) is 18.4 Å². The third-order valence-corrected chi connectivity index (χ3v) is 3.54. The van der Waals surface area contributed by atoms with Crippen molar-refractivity contribution in [2.75, 3.05) is 19.6 Å². The average Bonchev–Trinajstić information content (AvgIpc) is 2.86. The fourth-order valence-corrected chi connectivity index (χ4v) is 2.37. The van der Waals surface area contributed by atoms with Gasteiger partial charge in [0.1, 0.15) is 0 Å². The molecule has 0 aliphatic heterocycles. The van der Waals surface area contributed by atoms with E-state index in [1.54, 1.807) is 16.2 Å². The quantitative estimate of drug-likeness (QED) is 0.768. The highest BCUT2D eigenvalue weighted by molar-refractivity contribution is 7.09. The van der Waals surface area contributed by atoms with Crippen molar-refractivity contribution in [3.05, 3.63) is 22.4 Å². The number of carboxylic acids is 1. The van der Waals surface area contributed by atoms with Gasteiger partial charge in [0, 0.05) is 24.5 Å². The van der Waals surface area contributed by atoms with Crippen LogP contribution in [0.15, 0.2) is 17.5 Å². The Morgan fingerprint density at radius 1 is 1.42 bits per heavy atom. The van der Waals surface area contributed by atoms with Crippen LogP contribution in [0, 0.1) is 0 Å². The van der Waals surface area contributed by atoms with Crippen molar-refractivity contribution in [1.29, 1.82) is 0 Å². The Labute approximate surface area is 117 Å². The number of aliphatic carboxylic acids is 1. The van der Waals surface area contributed by atoms with Crippen molar-refractivity contribution in [3.8, 4) is 0 Å². The molecule has 1 aromatic rings. The van der Waals surface area contributed by atoms with Crippen molar-refractivity contribution in [2.45, 2.75) is 26.2 Å². The number of carboxylic acid groups (broad SMARTS) is 1. The second-order valence-electron chi connectivity index (χ2n) is 4.19. The van der Waals surface area contributed by atoms with Gasteiger partial charge in [-0.25, -0.2) is 4.79 Å². The number of hydrogen-bond acceptors (Lipinski definition) is 3. The summed E-state index contributed by atoms with van der Waals surface area (Å²) >= 11 is 1.68. The van der Waals surface area contributed by atoms with Gasteiger partial charge in [-0.05, 0) is 24.3 Å². The molecule has 0 saturated carbocycles. The van der Waals surface area contributed by atoms with Gasteiger partial charge in [0.15, 0.2) is 0 Å². The maximum atomic E-state index is 11.9. The van der Waals surface area contributed by atoms with Gasteiger partial charge in [0.2, 0.25) is 0 Å². The van der Waals surface area contributed by atoms with E-state index in [1.165, 1.54) is 4.88 Å². The molecule has 0 bridgehead atoms. The van der Waals surface area contributed by atoms with Crippen molar-refractivity contribution in [3.63, 3.8) is 0 Å². The smallest absolute Gasteiger partial charge is 0.317 e. The summed E-state index contributed by atoms with van der Waals surface area (Å²) in [4.78, 5) is 25.3. The molecular formula is C13H20N2O3S. The molecule has 0 atom stereocenters. The van der Waals surface area contributed by atoms with Crippen molar-refractivity contribution in [1.82, 2.24) is 10.2 Å². The summed E-state index contributed by atoms with van der Waals surface area (Å²) in [6, 6.07) is 3.87. The SMILES string of the molecule is CCCN(CCc1cccs1)C(=O)NCCC(=O)O. The zero-order chi connectivity index (χ0) is 14.1. The van der Waals surface area contributed by atoms with Crippen LogP contribution in [0.25, 0.3) is 0 Å². The van der Waals surface area contributed by atoms with Crippen LogP contribution in [-0.4, -0.2) is 41.6 Å². The molecule has 6 heteroatoms. The van der Waals surface area contributed by atoms with E-state index in [9.17, 15) is 9.59 Å².